The van der Waals surface area contributed by atoms with E-state index in [1.54, 1.807) is 6.92 Å². The van der Waals surface area contributed by atoms with Crippen molar-refractivity contribution in [1.29, 1.82) is 0 Å². The molecule has 0 bridgehead atoms. The highest BCUT2D eigenvalue weighted by Crippen LogP contribution is 2.19. The van der Waals surface area contributed by atoms with E-state index in [0.29, 0.717) is 28.6 Å². The Kier molecular flexibility index (Phi) is 4.06. The number of hydrogen-bond donors (Lipinski definition) is 1. The minimum absolute atomic E-state index is 0.297. The molecule has 2 aromatic heterocycles. The summed E-state index contributed by atoms with van der Waals surface area (Å²) in [6.07, 6.45) is 3.29. The van der Waals surface area contributed by atoms with Gasteiger partial charge in [-0.1, -0.05) is 0 Å². The molecule has 20 heavy (non-hydrogen) atoms. The fourth-order valence-corrected chi connectivity index (χ4v) is 1.90. The lowest BCUT2D eigenvalue weighted by atomic mass is 10.2. The molecule has 1 N–H and O–H groups in total. The van der Waals surface area contributed by atoms with Crippen LogP contribution in [0.15, 0.2) is 12.4 Å². The van der Waals surface area contributed by atoms with Crippen LogP contribution in [0.4, 0.5) is 14.5 Å². The van der Waals surface area contributed by atoms with Crippen LogP contribution in [0.25, 0.3) is 0 Å². The minimum atomic E-state index is -2.62. The first-order valence-electron chi connectivity index (χ1n) is 6.51. The monoisotopic (exact) mass is 283 g/mol. The molecule has 0 aliphatic heterocycles. The molecule has 7 heteroatoms. The van der Waals surface area contributed by atoms with Gasteiger partial charge in [0.05, 0.1) is 23.3 Å². The number of halogens is 2. The van der Waals surface area contributed by atoms with Crippen LogP contribution in [0.3, 0.4) is 0 Å². The summed E-state index contributed by atoms with van der Waals surface area (Å²) in [5.41, 5.74) is 3.15. The Morgan fingerprint density at radius 3 is 2.25 bits per heavy atom. The summed E-state index contributed by atoms with van der Waals surface area (Å²) >= 11 is 0. The van der Waals surface area contributed by atoms with Crippen molar-refractivity contribution in [2.45, 2.75) is 46.8 Å². The largest absolute Gasteiger partial charge is 0.378 e. The van der Waals surface area contributed by atoms with Gasteiger partial charge >= 0.3 is 6.55 Å². The number of anilines is 1. The quantitative estimate of drug-likeness (QED) is 0.916. The van der Waals surface area contributed by atoms with Gasteiger partial charge in [-0.3, -0.25) is 4.68 Å². The third-order valence-corrected chi connectivity index (χ3v) is 3.13. The molecule has 0 saturated carbocycles. The zero-order chi connectivity index (χ0) is 14.9. The van der Waals surface area contributed by atoms with E-state index in [2.05, 4.69) is 29.4 Å². The normalized spacial score (nSPS) is 11.6. The van der Waals surface area contributed by atoms with Crippen molar-refractivity contribution in [2.24, 2.45) is 0 Å². The van der Waals surface area contributed by atoms with E-state index in [9.17, 15) is 8.78 Å². The Hall–Kier alpha value is -1.92. The molecule has 2 rings (SSSR count). The summed E-state index contributed by atoms with van der Waals surface area (Å²) in [7, 11) is 0. The molecule has 0 aliphatic rings. The molecule has 0 amide bonds. The second-order valence-corrected chi connectivity index (χ2v) is 5.05. The van der Waals surface area contributed by atoms with Crippen molar-refractivity contribution in [3.8, 4) is 0 Å². The van der Waals surface area contributed by atoms with Crippen molar-refractivity contribution in [2.75, 3.05) is 5.32 Å². The zero-order valence-electron chi connectivity index (χ0n) is 12.1. The van der Waals surface area contributed by atoms with E-state index in [1.165, 1.54) is 6.20 Å². The Bertz CT molecular complexity index is 533. The standard InChI is InChI=1S/C13H19F2N5/c1-8(2)19-6-11(9(3)17-19)5-16-12-7-20(13(14)15)18-10(12)4/h6-8,13,16H,5H2,1-4H3. The number of nitrogens with zero attached hydrogens (tertiary/aromatic N) is 4. The first-order chi connectivity index (χ1) is 9.38. The molecule has 0 unspecified atom stereocenters. The summed E-state index contributed by atoms with van der Waals surface area (Å²) in [6.45, 7) is 5.67. The van der Waals surface area contributed by atoms with Gasteiger partial charge in [0.2, 0.25) is 0 Å². The summed E-state index contributed by atoms with van der Waals surface area (Å²) in [6, 6.07) is 0.297. The third-order valence-electron chi connectivity index (χ3n) is 3.13. The van der Waals surface area contributed by atoms with Crippen LogP contribution < -0.4 is 5.32 Å². The van der Waals surface area contributed by atoms with Crippen molar-refractivity contribution in [3.05, 3.63) is 29.3 Å². The summed E-state index contributed by atoms with van der Waals surface area (Å²) in [5.74, 6) is 0. The first-order valence-corrected chi connectivity index (χ1v) is 6.51. The van der Waals surface area contributed by atoms with Crippen LogP contribution in [-0.2, 0) is 6.54 Å². The Balaban J connectivity index is 2.09. The fourth-order valence-electron chi connectivity index (χ4n) is 1.90. The molecular weight excluding hydrogens is 264 g/mol. The van der Waals surface area contributed by atoms with Crippen LogP contribution in [-0.4, -0.2) is 19.6 Å². The molecule has 2 aromatic rings. The molecule has 0 saturated heterocycles. The Labute approximate surface area is 116 Å². The summed E-state index contributed by atoms with van der Waals surface area (Å²) < 4.78 is 27.6. The number of alkyl halides is 2. The molecule has 0 radical (unpaired) electrons. The molecule has 2 heterocycles. The number of aryl methyl sites for hydroxylation is 2. The average Bonchev–Trinajstić information content (AvgIpc) is 2.91. The van der Waals surface area contributed by atoms with Crippen LogP contribution in [0.2, 0.25) is 0 Å². The van der Waals surface area contributed by atoms with Crippen LogP contribution in [0, 0.1) is 13.8 Å². The van der Waals surface area contributed by atoms with Crippen molar-refractivity contribution < 1.29 is 8.78 Å². The highest BCUT2D eigenvalue weighted by Gasteiger charge is 2.12. The first kappa shape index (κ1) is 14.5. The van der Waals surface area contributed by atoms with E-state index in [1.807, 2.05) is 17.8 Å². The lowest BCUT2D eigenvalue weighted by Crippen LogP contribution is -2.01. The number of rotatable bonds is 5. The predicted octanol–water partition coefficient (Wildman–Crippen LogP) is 3.28. The maximum Gasteiger partial charge on any atom is 0.333 e. The smallest absolute Gasteiger partial charge is 0.333 e. The molecule has 0 aliphatic carbocycles. The zero-order valence-corrected chi connectivity index (χ0v) is 12.1. The van der Waals surface area contributed by atoms with Crippen LogP contribution >= 0.6 is 0 Å². The van der Waals surface area contributed by atoms with E-state index in [4.69, 9.17) is 0 Å². The number of hydrogen-bond acceptors (Lipinski definition) is 3. The topological polar surface area (TPSA) is 47.7 Å². The minimum Gasteiger partial charge on any atom is -0.378 e. The molecule has 0 aromatic carbocycles. The summed E-state index contributed by atoms with van der Waals surface area (Å²) in [4.78, 5) is 0. The van der Waals surface area contributed by atoms with Gasteiger partial charge in [-0.15, -0.1) is 0 Å². The van der Waals surface area contributed by atoms with Gasteiger partial charge < -0.3 is 5.32 Å². The third kappa shape index (κ3) is 2.97. The lowest BCUT2D eigenvalue weighted by Gasteiger charge is -2.04. The predicted molar refractivity (Wildman–Crippen MR) is 72.9 cm³/mol. The van der Waals surface area contributed by atoms with E-state index < -0.39 is 6.55 Å². The maximum atomic E-state index is 12.5. The maximum absolute atomic E-state index is 12.5. The van der Waals surface area contributed by atoms with Gasteiger partial charge in [0, 0.05) is 24.3 Å². The van der Waals surface area contributed by atoms with E-state index >= 15 is 0 Å². The number of aromatic nitrogens is 4. The summed E-state index contributed by atoms with van der Waals surface area (Å²) in [5, 5.41) is 11.3. The van der Waals surface area contributed by atoms with Gasteiger partial charge in [0.25, 0.3) is 0 Å². The van der Waals surface area contributed by atoms with Gasteiger partial charge in [0.15, 0.2) is 0 Å². The fraction of sp³-hybridized carbons (Fsp3) is 0.538. The van der Waals surface area contributed by atoms with Gasteiger partial charge in [-0.25, -0.2) is 4.68 Å². The second kappa shape index (κ2) is 5.60. The molecule has 0 atom stereocenters. The SMILES string of the molecule is Cc1nn(C(C)C)cc1CNc1cn(C(F)F)nc1C. The molecule has 0 fully saturated rings. The van der Waals surface area contributed by atoms with Crippen molar-refractivity contribution in [3.63, 3.8) is 0 Å². The average molecular weight is 283 g/mol. The van der Waals surface area contributed by atoms with E-state index in [-0.39, 0.29) is 0 Å². The highest BCUT2D eigenvalue weighted by atomic mass is 19.3. The molecule has 5 nitrogen and oxygen atoms in total. The Morgan fingerprint density at radius 2 is 1.75 bits per heavy atom. The van der Waals surface area contributed by atoms with Gasteiger partial charge in [-0.05, 0) is 27.7 Å². The van der Waals surface area contributed by atoms with Crippen LogP contribution in [0.5, 0.6) is 0 Å². The molecule has 0 spiro atoms. The van der Waals surface area contributed by atoms with Crippen molar-refractivity contribution >= 4 is 5.69 Å². The van der Waals surface area contributed by atoms with Crippen LogP contribution in [0.1, 0.15) is 43.4 Å². The number of nitrogens with one attached hydrogen (secondary N) is 1. The van der Waals surface area contributed by atoms with Crippen molar-refractivity contribution in [1.82, 2.24) is 19.6 Å². The van der Waals surface area contributed by atoms with Gasteiger partial charge in [-0.2, -0.15) is 19.0 Å². The lowest BCUT2D eigenvalue weighted by molar-refractivity contribution is 0.0563. The molecule has 110 valence electrons. The highest BCUT2D eigenvalue weighted by molar-refractivity contribution is 5.46. The Morgan fingerprint density at radius 1 is 1.10 bits per heavy atom. The van der Waals surface area contributed by atoms with Gasteiger partial charge in [0.1, 0.15) is 0 Å². The molecular formula is C13H19F2N5. The van der Waals surface area contributed by atoms with E-state index in [0.717, 1.165) is 11.3 Å². The second-order valence-electron chi connectivity index (χ2n) is 5.05.